The molecule has 0 bridgehead atoms. The second-order valence-corrected chi connectivity index (χ2v) is 4.89. The first-order valence-corrected chi connectivity index (χ1v) is 6.04. The van der Waals surface area contributed by atoms with Crippen molar-refractivity contribution < 1.29 is 0 Å². The van der Waals surface area contributed by atoms with Crippen LogP contribution in [0, 0.1) is 5.92 Å². The van der Waals surface area contributed by atoms with E-state index >= 15 is 0 Å². The van der Waals surface area contributed by atoms with E-state index in [0.717, 1.165) is 18.8 Å². The van der Waals surface area contributed by atoms with E-state index in [-0.39, 0.29) is 10.6 Å². The number of aromatic nitrogens is 2. The average molecular weight is 242 g/mol. The summed E-state index contributed by atoms with van der Waals surface area (Å²) in [6.07, 6.45) is 6.12. The van der Waals surface area contributed by atoms with Crippen LogP contribution in [0.25, 0.3) is 0 Å². The summed E-state index contributed by atoms with van der Waals surface area (Å²) in [5.41, 5.74) is -0.289. The minimum atomic E-state index is -0.289. The smallest absolute Gasteiger partial charge is 0.271 e. The van der Waals surface area contributed by atoms with Gasteiger partial charge < -0.3 is 10.3 Å². The van der Waals surface area contributed by atoms with Crippen molar-refractivity contribution in [1.82, 2.24) is 9.97 Å². The molecule has 0 aromatic carbocycles. The molecule has 5 heteroatoms. The lowest BCUT2D eigenvalue weighted by Gasteiger charge is -2.27. The summed E-state index contributed by atoms with van der Waals surface area (Å²) in [6.45, 7) is 2.25. The maximum absolute atomic E-state index is 11.3. The average Bonchev–Trinajstić information content (AvgIpc) is 2.25. The maximum Gasteiger partial charge on any atom is 0.271 e. The van der Waals surface area contributed by atoms with Crippen LogP contribution in [-0.2, 0) is 0 Å². The van der Waals surface area contributed by atoms with Crippen LogP contribution in [0.15, 0.2) is 11.1 Å². The highest BCUT2D eigenvalue weighted by molar-refractivity contribution is 6.32. The number of hydrogen-bond acceptors (Lipinski definition) is 3. The van der Waals surface area contributed by atoms with Crippen LogP contribution in [0.1, 0.15) is 32.6 Å². The van der Waals surface area contributed by atoms with Crippen LogP contribution in [0.5, 0.6) is 0 Å². The van der Waals surface area contributed by atoms with Gasteiger partial charge in [0.05, 0.1) is 6.33 Å². The van der Waals surface area contributed by atoms with Gasteiger partial charge in [-0.25, -0.2) is 4.98 Å². The van der Waals surface area contributed by atoms with Gasteiger partial charge in [0, 0.05) is 6.04 Å². The maximum atomic E-state index is 11.3. The van der Waals surface area contributed by atoms with Gasteiger partial charge in [0.25, 0.3) is 5.56 Å². The Balaban J connectivity index is 2.08. The molecule has 0 spiro atoms. The first kappa shape index (κ1) is 11.5. The van der Waals surface area contributed by atoms with E-state index < -0.39 is 0 Å². The molecule has 0 aliphatic heterocycles. The Kier molecular flexibility index (Phi) is 3.49. The minimum absolute atomic E-state index is 0.153. The molecule has 1 heterocycles. The van der Waals surface area contributed by atoms with Gasteiger partial charge in [-0.2, -0.15) is 0 Å². The molecule has 4 nitrogen and oxygen atoms in total. The molecule has 1 aliphatic carbocycles. The topological polar surface area (TPSA) is 57.8 Å². The Labute approximate surface area is 99.4 Å². The Morgan fingerprint density at radius 3 is 3.12 bits per heavy atom. The van der Waals surface area contributed by atoms with Gasteiger partial charge >= 0.3 is 0 Å². The number of nitrogens with zero attached hydrogens (tertiary/aromatic N) is 1. The monoisotopic (exact) mass is 241 g/mol. The summed E-state index contributed by atoms with van der Waals surface area (Å²) in [5, 5.41) is 3.41. The number of rotatable bonds is 2. The molecular formula is C11H16ClN3O. The van der Waals surface area contributed by atoms with Crippen LogP contribution in [-0.4, -0.2) is 16.0 Å². The molecule has 0 saturated heterocycles. The SMILES string of the molecule is CC1CCCC(Nc2nc[nH]c(=O)c2Cl)C1. The lowest BCUT2D eigenvalue weighted by molar-refractivity contribution is 0.358. The molecule has 1 fully saturated rings. The number of hydrogen-bond donors (Lipinski definition) is 2. The zero-order valence-corrected chi connectivity index (χ0v) is 10.0. The molecule has 1 saturated carbocycles. The molecule has 0 radical (unpaired) electrons. The van der Waals surface area contributed by atoms with Crippen molar-refractivity contribution in [3.8, 4) is 0 Å². The number of halogens is 1. The van der Waals surface area contributed by atoms with Crippen LogP contribution in [0.4, 0.5) is 5.82 Å². The number of H-pyrrole nitrogens is 1. The molecular weight excluding hydrogens is 226 g/mol. The fourth-order valence-electron chi connectivity index (χ4n) is 2.24. The van der Waals surface area contributed by atoms with Crippen molar-refractivity contribution in [3.05, 3.63) is 21.7 Å². The molecule has 1 aromatic rings. The fraction of sp³-hybridized carbons (Fsp3) is 0.636. The summed E-state index contributed by atoms with van der Waals surface area (Å²) in [4.78, 5) is 17.8. The van der Waals surface area contributed by atoms with Crippen molar-refractivity contribution in [2.45, 2.75) is 38.6 Å². The van der Waals surface area contributed by atoms with Crippen molar-refractivity contribution in [3.63, 3.8) is 0 Å². The van der Waals surface area contributed by atoms with E-state index in [2.05, 4.69) is 22.2 Å². The molecule has 16 heavy (non-hydrogen) atoms. The standard InChI is InChI=1S/C11H16ClN3O/c1-7-3-2-4-8(5-7)15-10-9(12)11(16)14-6-13-10/h6-8H,2-5H2,1H3,(H2,13,14,15,16). The number of anilines is 1. The highest BCUT2D eigenvalue weighted by Gasteiger charge is 2.20. The van der Waals surface area contributed by atoms with Gasteiger partial charge in [-0.3, -0.25) is 4.79 Å². The Morgan fingerprint density at radius 1 is 1.56 bits per heavy atom. The molecule has 0 amide bonds. The van der Waals surface area contributed by atoms with Crippen LogP contribution >= 0.6 is 11.6 Å². The van der Waals surface area contributed by atoms with Crippen molar-refractivity contribution in [2.75, 3.05) is 5.32 Å². The Bertz CT molecular complexity index is 418. The summed E-state index contributed by atoms with van der Waals surface area (Å²) in [6, 6.07) is 0.385. The summed E-state index contributed by atoms with van der Waals surface area (Å²) < 4.78 is 0. The first-order valence-electron chi connectivity index (χ1n) is 5.66. The largest absolute Gasteiger partial charge is 0.366 e. The van der Waals surface area contributed by atoms with Gasteiger partial charge in [-0.05, 0) is 18.8 Å². The molecule has 88 valence electrons. The third kappa shape index (κ3) is 2.55. The Morgan fingerprint density at radius 2 is 2.38 bits per heavy atom. The predicted molar refractivity (Wildman–Crippen MR) is 64.9 cm³/mol. The molecule has 1 aliphatic rings. The van der Waals surface area contributed by atoms with Gasteiger partial charge in [0.15, 0.2) is 5.82 Å². The minimum Gasteiger partial charge on any atom is -0.366 e. The van der Waals surface area contributed by atoms with E-state index in [9.17, 15) is 4.79 Å². The van der Waals surface area contributed by atoms with E-state index in [1.54, 1.807) is 0 Å². The zero-order valence-electron chi connectivity index (χ0n) is 9.29. The molecule has 2 rings (SSSR count). The lowest BCUT2D eigenvalue weighted by atomic mass is 9.87. The van der Waals surface area contributed by atoms with Crippen LogP contribution in [0.2, 0.25) is 5.02 Å². The van der Waals surface area contributed by atoms with Crippen molar-refractivity contribution >= 4 is 17.4 Å². The first-order chi connectivity index (χ1) is 7.66. The van der Waals surface area contributed by atoms with Gasteiger partial charge in [0.2, 0.25) is 0 Å². The molecule has 2 atom stereocenters. The fourth-order valence-corrected chi connectivity index (χ4v) is 2.40. The highest BCUT2D eigenvalue weighted by Crippen LogP contribution is 2.26. The highest BCUT2D eigenvalue weighted by atomic mass is 35.5. The van der Waals surface area contributed by atoms with E-state index in [4.69, 9.17) is 11.6 Å². The van der Waals surface area contributed by atoms with Crippen LogP contribution < -0.4 is 10.9 Å². The molecule has 2 N–H and O–H groups in total. The zero-order chi connectivity index (χ0) is 11.5. The van der Waals surface area contributed by atoms with E-state index in [0.29, 0.717) is 11.9 Å². The normalized spacial score (nSPS) is 25.4. The second kappa shape index (κ2) is 4.87. The molecule has 2 unspecified atom stereocenters. The van der Waals surface area contributed by atoms with Gasteiger partial charge in [-0.15, -0.1) is 0 Å². The van der Waals surface area contributed by atoms with E-state index in [1.165, 1.54) is 19.2 Å². The lowest BCUT2D eigenvalue weighted by Crippen LogP contribution is -2.27. The molecule has 1 aromatic heterocycles. The number of nitrogens with one attached hydrogen (secondary N) is 2. The summed E-state index contributed by atoms with van der Waals surface area (Å²) in [7, 11) is 0. The summed E-state index contributed by atoms with van der Waals surface area (Å²) in [5.74, 6) is 1.23. The number of aromatic amines is 1. The second-order valence-electron chi connectivity index (χ2n) is 4.51. The van der Waals surface area contributed by atoms with Gasteiger partial charge in [0.1, 0.15) is 5.02 Å². The summed E-state index contributed by atoms with van der Waals surface area (Å²) >= 11 is 5.88. The van der Waals surface area contributed by atoms with E-state index in [1.807, 2.05) is 0 Å². The van der Waals surface area contributed by atoms with Crippen LogP contribution in [0.3, 0.4) is 0 Å². The third-order valence-corrected chi connectivity index (χ3v) is 3.42. The van der Waals surface area contributed by atoms with Gasteiger partial charge in [-0.1, -0.05) is 31.4 Å². The van der Waals surface area contributed by atoms with Crippen molar-refractivity contribution in [2.24, 2.45) is 5.92 Å². The Hall–Kier alpha value is -1.03. The van der Waals surface area contributed by atoms with Crippen molar-refractivity contribution in [1.29, 1.82) is 0 Å². The predicted octanol–water partition coefficient (Wildman–Crippen LogP) is 2.41. The third-order valence-electron chi connectivity index (χ3n) is 3.07. The quantitative estimate of drug-likeness (QED) is 0.836.